The number of piperazine rings is 1. The molecule has 0 bridgehead atoms. The van der Waals surface area contributed by atoms with Gasteiger partial charge in [-0.25, -0.2) is 8.42 Å². The van der Waals surface area contributed by atoms with Crippen LogP contribution in [0, 0.1) is 12.8 Å². The highest BCUT2D eigenvalue weighted by molar-refractivity contribution is 7.89. The fraction of sp³-hybridized carbons (Fsp3) is 0.579. The molecule has 2 aliphatic heterocycles. The summed E-state index contributed by atoms with van der Waals surface area (Å²) in [6.07, 6.45) is 0.249. The normalized spacial score (nSPS) is 21.9. The molecule has 0 radical (unpaired) electrons. The molecule has 0 spiro atoms. The standard InChI is InChI=1S/C19H27N3O4S/c1-14(2)22-13-16(12-18(22)23)19(24)20-7-9-21(10-8-20)27(25,26)17-6-4-5-15(3)11-17/h4-6,11,14,16H,7-10,12-13H2,1-3H3. The molecule has 1 atom stereocenters. The summed E-state index contributed by atoms with van der Waals surface area (Å²) < 4.78 is 27.0. The van der Waals surface area contributed by atoms with Crippen LogP contribution in [0.5, 0.6) is 0 Å². The maximum atomic E-state index is 12.8. The highest BCUT2D eigenvalue weighted by atomic mass is 32.2. The lowest BCUT2D eigenvalue weighted by Gasteiger charge is -2.35. The van der Waals surface area contributed by atoms with Gasteiger partial charge in [0.15, 0.2) is 0 Å². The molecule has 8 heteroatoms. The number of carbonyl (C=O) groups excluding carboxylic acids is 2. The lowest BCUT2D eigenvalue weighted by Crippen LogP contribution is -2.52. The smallest absolute Gasteiger partial charge is 0.243 e. The lowest BCUT2D eigenvalue weighted by molar-refractivity contribution is -0.137. The molecule has 2 saturated heterocycles. The van der Waals surface area contributed by atoms with Crippen LogP contribution in [0.4, 0.5) is 0 Å². The van der Waals surface area contributed by atoms with Gasteiger partial charge in [-0.3, -0.25) is 9.59 Å². The van der Waals surface area contributed by atoms with Crippen molar-refractivity contribution in [2.45, 2.75) is 38.1 Å². The van der Waals surface area contributed by atoms with Crippen molar-refractivity contribution in [2.75, 3.05) is 32.7 Å². The average Bonchev–Trinajstić information content (AvgIpc) is 3.03. The summed E-state index contributed by atoms with van der Waals surface area (Å²) >= 11 is 0. The second-order valence-electron chi connectivity index (χ2n) is 7.59. The van der Waals surface area contributed by atoms with Crippen molar-refractivity contribution in [3.05, 3.63) is 29.8 Å². The third-order valence-electron chi connectivity index (χ3n) is 5.31. The van der Waals surface area contributed by atoms with E-state index in [2.05, 4.69) is 0 Å². The van der Waals surface area contributed by atoms with E-state index in [1.165, 1.54) is 4.31 Å². The Morgan fingerprint density at radius 3 is 2.37 bits per heavy atom. The zero-order chi connectivity index (χ0) is 19.8. The SMILES string of the molecule is Cc1cccc(S(=O)(=O)N2CCN(C(=O)C3CC(=O)N(C(C)C)C3)CC2)c1. The minimum atomic E-state index is -3.55. The Labute approximate surface area is 161 Å². The highest BCUT2D eigenvalue weighted by Gasteiger charge is 2.39. The van der Waals surface area contributed by atoms with Crippen LogP contribution in [0.15, 0.2) is 29.2 Å². The average molecular weight is 394 g/mol. The van der Waals surface area contributed by atoms with E-state index in [0.717, 1.165) is 5.56 Å². The fourth-order valence-electron chi connectivity index (χ4n) is 3.73. The van der Waals surface area contributed by atoms with Crippen LogP contribution in [0.25, 0.3) is 0 Å². The van der Waals surface area contributed by atoms with E-state index in [1.807, 2.05) is 26.8 Å². The molecule has 2 heterocycles. The molecule has 2 aliphatic rings. The van der Waals surface area contributed by atoms with E-state index < -0.39 is 10.0 Å². The molecule has 3 rings (SSSR count). The minimum Gasteiger partial charge on any atom is -0.340 e. The summed E-state index contributed by atoms with van der Waals surface area (Å²) in [6.45, 7) is 7.47. The number of benzene rings is 1. The number of hydrogen-bond acceptors (Lipinski definition) is 4. The molecule has 7 nitrogen and oxygen atoms in total. The molecule has 148 valence electrons. The van der Waals surface area contributed by atoms with E-state index >= 15 is 0 Å². The highest BCUT2D eigenvalue weighted by Crippen LogP contribution is 2.24. The first-order valence-electron chi connectivity index (χ1n) is 9.35. The topological polar surface area (TPSA) is 78.0 Å². The number of likely N-dealkylation sites (tertiary alicyclic amines) is 1. The summed E-state index contributed by atoms with van der Waals surface area (Å²) in [5.74, 6) is -0.344. The van der Waals surface area contributed by atoms with Crippen molar-refractivity contribution in [3.63, 3.8) is 0 Å². The van der Waals surface area contributed by atoms with Gasteiger partial charge in [-0.15, -0.1) is 0 Å². The first kappa shape index (κ1) is 19.8. The monoisotopic (exact) mass is 393 g/mol. The number of sulfonamides is 1. The van der Waals surface area contributed by atoms with Crippen molar-refractivity contribution in [2.24, 2.45) is 5.92 Å². The number of amides is 2. The van der Waals surface area contributed by atoms with Gasteiger partial charge in [-0.05, 0) is 38.5 Å². The van der Waals surface area contributed by atoms with Gasteiger partial charge in [0.1, 0.15) is 0 Å². The maximum Gasteiger partial charge on any atom is 0.243 e. The van der Waals surface area contributed by atoms with Gasteiger partial charge in [-0.1, -0.05) is 12.1 Å². The number of nitrogens with zero attached hydrogens (tertiary/aromatic N) is 3. The van der Waals surface area contributed by atoms with Gasteiger partial charge in [-0.2, -0.15) is 4.31 Å². The molecule has 1 unspecified atom stereocenters. The summed E-state index contributed by atoms with van der Waals surface area (Å²) in [4.78, 5) is 28.5. The van der Waals surface area contributed by atoms with Crippen molar-refractivity contribution in [1.29, 1.82) is 0 Å². The minimum absolute atomic E-state index is 0.0176. The third-order valence-corrected chi connectivity index (χ3v) is 7.20. The Morgan fingerprint density at radius 2 is 1.81 bits per heavy atom. The number of hydrogen-bond donors (Lipinski definition) is 0. The second kappa shape index (κ2) is 7.59. The van der Waals surface area contributed by atoms with Crippen LogP contribution >= 0.6 is 0 Å². The van der Waals surface area contributed by atoms with E-state index in [1.54, 1.807) is 28.0 Å². The summed E-state index contributed by atoms with van der Waals surface area (Å²) in [5.41, 5.74) is 0.894. The van der Waals surface area contributed by atoms with Crippen molar-refractivity contribution in [1.82, 2.24) is 14.1 Å². The molecule has 0 aromatic heterocycles. The van der Waals surface area contributed by atoms with E-state index in [9.17, 15) is 18.0 Å². The molecule has 1 aromatic rings. The van der Waals surface area contributed by atoms with Crippen LogP contribution in [0.1, 0.15) is 25.8 Å². The Balaban J connectivity index is 1.62. The quantitative estimate of drug-likeness (QED) is 0.767. The second-order valence-corrected chi connectivity index (χ2v) is 9.52. The van der Waals surface area contributed by atoms with Gasteiger partial charge in [0.05, 0.1) is 10.8 Å². The summed E-state index contributed by atoms with van der Waals surface area (Å²) in [7, 11) is -3.55. The first-order valence-corrected chi connectivity index (χ1v) is 10.8. The zero-order valence-electron chi connectivity index (χ0n) is 16.1. The summed E-state index contributed by atoms with van der Waals surface area (Å²) in [6, 6.07) is 6.95. The molecule has 0 N–H and O–H groups in total. The lowest BCUT2D eigenvalue weighted by atomic mass is 10.1. The molecular formula is C19H27N3O4S. The molecule has 27 heavy (non-hydrogen) atoms. The van der Waals surface area contributed by atoms with Gasteiger partial charge < -0.3 is 9.80 Å². The molecular weight excluding hydrogens is 366 g/mol. The van der Waals surface area contributed by atoms with Crippen LogP contribution in [0.3, 0.4) is 0 Å². The molecule has 2 fully saturated rings. The number of aryl methyl sites for hydroxylation is 1. The Morgan fingerprint density at radius 1 is 1.15 bits per heavy atom. The van der Waals surface area contributed by atoms with Crippen molar-refractivity contribution < 1.29 is 18.0 Å². The molecule has 0 aliphatic carbocycles. The third kappa shape index (κ3) is 4.01. The Hall–Kier alpha value is -1.93. The van der Waals surface area contributed by atoms with E-state index in [0.29, 0.717) is 19.6 Å². The van der Waals surface area contributed by atoms with Crippen LogP contribution < -0.4 is 0 Å². The maximum absolute atomic E-state index is 12.8. The predicted octanol–water partition coefficient (Wildman–Crippen LogP) is 1.08. The van der Waals surface area contributed by atoms with Gasteiger partial charge in [0, 0.05) is 45.2 Å². The zero-order valence-corrected chi connectivity index (χ0v) is 16.9. The fourth-order valence-corrected chi connectivity index (χ4v) is 5.26. The first-order chi connectivity index (χ1) is 12.7. The van der Waals surface area contributed by atoms with Crippen LogP contribution in [0.2, 0.25) is 0 Å². The molecule has 2 amide bonds. The van der Waals surface area contributed by atoms with E-state index in [4.69, 9.17) is 0 Å². The van der Waals surface area contributed by atoms with Gasteiger partial charge >= 0.3 is 0 Å². The van der Waals surface area contributed by atoms with E-state index in [-0.39, 0.29) is 48.2 Å². The van der Waals surface area contributed by atoms with Crippen LogP contribution in [-0.2, 0) is 19.6 Å². The molecule has 0 saturated carbocycles. The summed E-state index contributed by atoms with van der Waals surface area (Å²) in [5, 5.41) is 0. The largest absolute Gasteiger partial charge is 0.340 e. The number of rotatable bonds is 4. The Bertz CT molecular complexity index is 829. The van der Waals surface area contributed by atoms with Gasteiger partial charge in [0.2, 0.25) is 21.8 Å². The van der Waals surface area contributed by atoms with Crippen molar-refractivity contribution in [3.8, 4) is 0 Å². The molecule has 1 aromatic carbocycles. The number of carbonyl (C=O) groups is 2. The predicted molar refractivity (Wildman–Crippen MR) is 101 cm³/mol. The van der Waals surface area contributed by atoms with Gasteiger partial charge in [0.25, 0.3) is 0 Å². The Kier molecular flexibility index (Phi) is 5.58. The van der Waals surface area contributed by atoms with Crippen molar-refractivity contribution >= 4 is 21.8 Å². The van der Waals surface area contributed by atoms with Crippen LogP contribution in [-0.4, -0.2) is 73.1 Å².